The number of nitrogens with one attached hydrogen (secondary N) is 1. The zero-order valence-corrected chi connectivity index (χ0v) is 8.11. The third kappa shape index (κ3) is 8.05. The summed E-state index contributed by atoms with van der Waals surface area (Å²) < 4.78 is 39.7. The monoisotopic (exact) mass is 199 g/mol. The molecule has 0 spiro atoms. The number of rotatable bonds is 5. The maximum atomic E-state index is 11.7. The van der Waals surface area contributed by atoms with E-state index in [0.29, 0.717) is 6.42 Å². The molecule has 0 amide bonds. The summed E-state index contributed by atoms with van der Waals surface area (Å²) in [6, 6.07) is 0.170. The fourth-order valence-corrected chi connectivity index (χ4v) is 0.921. The van der Waals surface area contributed by atoms with Crippen molar-refractivity contribution in [3.05, 3.63) is 0 Å². The van der Waals surface area contributed by atoms with Crippen LogP contribution in [0.4, 0.5) is 13.2 Å². The second-order valence-corrected chi connectivity index (χ2v) is 3.16. The zero-order valence-electron chi connectivity index (χ0n) is 8.11. The van der Waals surface area contributed by atoms with Crippen LogP contribution in [0, 0.1) is 0 Å². The van der Waals surface area contributed by atoms with Gasteiger partial charge < -0.3 is 10.1 Å². The third-order valence-electron chi connectivity index (χ3n) is 1.71. The summed E-state index contributed by atoms with van der Waals surface area (Å²) in [7, 11) is 1.77. The van der Waals surface area contributed by atoms with Gasteiger partial charge in [0.2, 0.25) is 0 Å². The van der Waals surface area contributed by atoms with Crippen LogP contribution in [0.2, 0.25) is 0 Å². The van der Waals surface area contributed by atoms with Gasteiger partial charge in [0, 0.05) is 6.04 Å². The van der Waals surface area contributed by atoms with Gasteiger partial charge >= 0.3 is 6.18 Å². The zero-order chi connectivity index (χ0) is 10.5. The molecule has 5 heteroatoms. The highest BCUT2D eigenvalue weighted by Crippen LogP contribution is 2.16. The highest BCUT2D eigenvalue weighted by atomic mass is 19.4. The van der Waals surface area contributed by atoms with E-state index in [-0.39, 0.29) is 12.1 Å². The molecule has 0 aromatic carbocycles. The van der Waals surface area contributed by atoms with E-state index in [1.54, 1.807) is 14.0 Å². The summed E-state index contributed by atoms with van der Waals surface area (Å²) in [5.41, 5.74) is 0. The fourth-order valence-electron chi connectivity index (χ4n) is 0.921. The summed E-state index contributed by atoms with van der Waals surface area (Å²) >= 11 is 0. The van der Waals surface area contributed by atoms with E-state index in [9.17, 15) is 13.2 Å². The fraction of sp³-hybridized carbons (Fsp3) is 1.00. The van der Waals surface area contributed by atoms with Crippen LogP contribution in [0.3, 0.4) is 0 Å². The first-order chi connectivity index (χ1) is 5.85. The highest BCUT2D eigenvalue weighted by Gasteiger charge is 2.28. The lowest BCUT2D eigenvalue weighted by Crippen LogP contribution is -2.29. The molecule has 0 saturated heterocycles. The standard InChI is InChI=1S/C8H16F3NO/c1-6(12-3)4-7(2)13-5-8(9,10)11/h6-7,12H,4-5H2,1-3H3. The lowest BCUT2D eigenvalue weighted by Gasteiger charge is -2.18. The topological polar surface area (TPSA) is 21.3 Å². The molecule has 13 heavy (non-hydrogen) atoms. The van der Waals surface area contributed by atoms with Crippen LogP contribution in [-0.2, 0) is 4.74 Å². The van der Waals surface area contributed by atoms with Gasteiger partial charge in [0.05, 0.1) is 6.10 Å². The molecular weight excluding hydrogens is 183 g/mol. The molecule has 0 aromatic heterocycles. The molecule has 2 nitrogen and oxygen atoms in total. The van der Waals surface area contributed by atoms with Crippen LogP contribution >= 0.6 is 0 Å². The van der Waals surface area contributed by atoms with Crippen molar-refractivity contribution in [2.45, 2.75) is 38.6 Å². The first-order valence-electron chi connectivity index (χ1n) is 4.20. The van der Waals surface area contributed by atoms with E-state index in [1.165, 1.54) is 0 Å². The summed E-state index contributed by atoms with van der Waals surface area (Å²) in [5, 5.41) is 2.93. The Morgan fingerprint density at radius 2 is 1.85 bits per heavy atom. The summed E-state index contributed by atoms with van der Waals surface area (Å²) in [4.78, 5) is 0. The van der Waals surface area contributed by atoms with Crippen molar-refractivity contribution in [1.82, 2.24) is 5.32 Å². The van der Waals surface area contributed by atoms with Gasteiger partial charge in [-0.2, -0.15) is 13.2 Å². The summed E-state index contributed by atoms with van der Waals surface area (Å²) in [6.45, 7) is 2.37. The Hall–Kier alpha value is -0.290. The minimum atomic E-state index is -4.23. The highest BCUT2D eigenvalue weighted by molar-refractivity contribution is 4.63. The van der Waals surface area contributed by atoms with Crippen molar-refractivity contribution in [2.24, 2.45) is 0 Å². The largest absolute Gasteiger partial charge is 0.411 e. The van der Waals surface area contributed by atoms with Crippen molar-refractivity contribution < 1.29 is 17.9 Å². The van der Waals surface area contributed by atoms with Crippen LogP contribution in [0.1, 0.15) is 20.3 Å². The molecule has 0 aromatic rings. The Balaban J connectivity index is 3.57. The molecule has 1 N–H and O–H groups in total. The lowest BCUT2D eigenvalue weighted by molar-refractivity contribution is -0.184. The van der Waals surface area contributed by atoms with Gasteiger partial charge in [-0.05, 0) is 27.3 Å². The molecule has 0 saturated carbocycles. The minimum Gasteiger partial charge on any atom is -0.369 e. The summed E-state index contributed by atoms with van der Waals surface area (Å²) in [5.74, 6) is 0. The molecule has 2 unspecified atom stereocenters. The average Bonchev–Trinajstić information content (AvgIpc) is 1.99. The van der Waals surface area contributed by atoms with Crippen molar-refractivity contribution in [3.63, 3.8) is 0 Å². The Labute approximate surface area is 76.5 Å². The van der Waals surface area contributed by atoms with Crippen LogP contribution in [0.25, 0.3) is 0 Å². The van der Waals surface area contributed by atoms with Gasteiger partial charge in [-0.3, -0.25) is 0 Å². The Morgan fingerprint density at radius 3 is 2.23 bits per heavy atom. The molecule has 0 heterocycles. The van der Waals surface area contributed by atoms with Crippen molar-refractivity contribution in [1.29, 1.82) is 0 Å². The van der Waals surface area contributed by atoms with E-state index < -0.39 is 12.8 Å². The first kappa shape index (κ1) is 12.7. The van der Waals surface area contributed by atoms with Crippen LogP contribution in [0.5, 0.6) is 0 Å². The Bertz CT molecular complexity index is 138. The quantitative estimate of drug-likeness (QED) is 0.730. The Morgan fingerprint density at radius 1 is 1.31 bits per heavy atom. The molecule has 80 valence electrons. The minimum absolute atomic E-state index is 0.170. The second-order valence-electron chi connectivity index (χ2n) is 3.16. The number of ether oxygens (including phenoxy) is 1. The molecule has 0 fully saturated rings. The molecule has 0 aliphatic rings. The molecular formula is C8H16F3NO. The van der Waals surface area contributed by atoms with Gasteiger partial charge in [0.15, 0.2) is 0 Å². The van der Waals surface area contributed by atoms with Crippen LogP contribution < -0.4 is 5.32 Å². The van der Waals surface area contributed by atoms with Crippen LogP contribution in [0.15, 0.2) is 0 Å². The van der Waals surface area contributed by atoms with E-state index in [2.05, 4.69) is 10.1 Å². The number of hydrogen-bond acceptors (Lipinski definition) is 2. The van der Waals surface area contributed by atoms with Gasteiger partial charge in [-0.1, -0.05) is 0 Å². The van der Waals surface area contributed by atoms with E-state index in [4.69, 9.17) is 0 Å². The van der Waals surface area contributed by atoms with Crippen molar-refractivity contribution >= 4 is 0 Å². The average molecular weight is 199 g/mol. The van der Waals surface area contributed by atoms with E-state index in [1.807, 2.05) is 6.92 Å². The molecule has 0 radical (unpaired) electrons. The molecule has 0 rings (SSSR count). The third-order valence-corrected chi connectivity index (χ3v) is 1.71. The maximum Gasteiger partial charge on any atom is 0.411 e. The predicted octanol–water partition coefficient (Wildman–Crippen LogP) is 1.95. The number of alkyl halides is 3. The predicted molar refractivity (Wildman–Crippen MR) is 44.6 cm³/mol. The lowest BCUT2D eigenvalue weighted by atomic mass is 10.1. The number of halogens is 3. The van der Waals surface area contributed by atoms with Gasteiger partial charge in [0.25, 0.3) is 0 Å². The molecule has 2 atom stereocenters. The SMILES string of the molecule is CNC(C)CC(C)OCC(F)(F)F. The molecule has 0 aliphatic carbocycles. The van der Waals surface area contributed by atoms with Crippen LogP contribution in [-0.4, -0.2) is 32.0 Å². The van der Waals surface area contributed by atoms with Crippen molar-refractivity contribution in [2.75, 3.05) is 13.7 Å². The smallest absolute Gasteiger partial charge is 0.369 e. The molecule has 0 bridgehead atoms. The van der Waals surface area contributed by atoms with Gasteiger partial charge in [0.1, 0.15) is 6.61 Å². The second kappa shape index (κ2) is 5.44. The molecule has 0 aliphatic heterocycles. The maximum absolute atomic E-state index is 11.7. The van der Waals surface area contributed by atoms with E-state index >= 15 is 0 Å². The van der Waals surface area contributed by atoms with Gasteiger partial charge in [-0.15, -0.1) is 0 Å². The normalized spacial score (nSPS) is 17.1. The summed E-state index contributed by atoms with van der Waals surface area (Å²) in [6.07, 6.45) is -4.02. The Kier molecular flexibility index (Phi) is 5.32. The van der Waals surface area contributed by atoms with Gasteiger partial charge in [-0.25, -0.2) is 0 Å². The first-order valence-corrected chi connectivity index (χ1v) is 4.20. The number of hydrogen-bond donors (Lipinski definition) is 1. The van der Waals surface area contributed by atoms with Crippen molar-refractivity contribution in [3.8, 4) is 0 Å². The van der Waals surface area contributed by atoms with E-state index in [0.717, 1.165) is 0 Å².